The van der Waals surface area contributed by atoms with E-state index in [1.165, 1.54) is 0 Å². The molecule has 0 aromatic heterocycles. The molecule has 2 amide bonds. The van der Waals surface area contributed by atoms with E-state index in [1.807, 2.05) is 6.08 Å². The second-order valence-corrected chi connectivity index (χ2v) is 5.75. The molecule has 1 aliphatic heterocycles. The maximum absolute atomic E-state index is 11.9. The molecule has 0 spiro atoms. The van der Waals surface area contributed by atoms with E-state index in [9.17, 15) is 4.79 Å². The van der Waals surface area contributed by atoms with Crippen LogP contribution in [0.15, 0.2) is 12.7 Å². The predicted molar refractivity (Wildman–Crippen MR) is 84.0 cm³/mol. The number of carbonyl (C=O) groups is 1. The van der Waals surface area contributed by atoms with E-state index in [1.54, 1.807) is 0 Å². The van der Waals surface area contributed by atoms with Crippen LogP contribution >= 0.6 is 0 Å². The van der Waals surface area contributed by atoms with E-state index in [-0.39, 0.29) is 18.1 Å². The zero-order valence-electron chi connectivity index (χ0n) is 13.2. The Hall–Kier alpha value is -1.07. The van der Waals surface area contributed by atoms with Gasteiger partial charge in [0.15, 0.2) is 0 Å². The lowest BCUT2D eigenvalue weighted by Crippen LogP contribution is -2.52. The Morgan fingerprint density at radius 3 is 2.50 bits per heavy atom. The molecule has 2 unspecified atom stereocenters. The Morgan fingerprint density at radius 1 is 1.30 bits per heavy atom. The van der Waals surface area contributed by atoms with Crippen molar-refractivity contribution < 1.29 is 4.79 Å². The van der Waals surface area contributed by atoms with E-state index in [4.69, 9.17) is 0 Å². The normalized spacial score (nSPS) is 20.1. The summed E-state index contributed by atoms with van der Waals surface area (Å²) in [7, 11) is 2.15. The van der Waals surface area contributed by atoms with Crippen molar-refractivity contribution in [2.24, 2.45) is 0 Å². The summed E-state index contributed by atoms with van der Waals surface area (Å²) in [6.45, 7) is 13.1. The standard InChI is InChI=1S/C15H30N4O/c1-5-7-14(6-2)17-15(20)16-13(3)12-19-10-8-18(4)9-11-19/h5,13-14H,1,6-12H2,2-4H3,(H2,16,17,20). The second-order valence-electron chi connectivity index (χ2n) is 5.75. The lowest BCUT2D eigenvalue weighted by Gasteiger charge is -2.34. The average molecular weight is 282 g/mol. The highest BCUT2D eigenvalue weighted by atomic mass is 16.2. The molecule has 1 fully saturated rings. The van der Waals surface area contributed by atoms with Gasteiger partial charge in [0.05, 0.1) is 0 Å². The first kappa shape index (κ1) is 17.0. The first-order valence-electron chi connectivity index (χ1n) is 7.64. The number of amides is 2. The van der Waals surface area contributed by atoms with Crippen molar-refractivity contribution in [1.29, 1.82) is 0 Å². The minimum atomic E-state index is -0.0691. The van der Waals surface area contributed by atoms with Gasteiger partial charge < -0.3 is 15.5 Å². The largest absolute Gasteiger partial charge is 0.335 e. The minimum absolute atomic E-state index is 0.0691. The van der Waals surface area contributed by atoms with Crippen molar-refractivity contribution in [2.75, 3.05) is 39.8 Å². The lowest BCUT2D eigenvalue weighted by atomic mass is 10.1. The molecule has 2 N–H and O–H groups in total. The third-order valence-corrected chi connectivity index (χ3v) is 3.78. The van der Waals surface area contributed by atoms with Crippen LogP contribution in [0.1, 0.15) is 26.7 Å². The van der Waals surface area contributed by atoms with Crippen molar-refractivity contribution >= 4 is 6.03 Å². The molecule has 0 radical (unpaired) electrons. The van der Waals surface area contributed by atoms with Crippen molar-refractivity contribution in [3.63, 3.8) is 0 Å². The van der Waals surface area contributed by atoms with Crippen molar-refractivity contribution in [3.8, 4) is 0 Å². The van der Waals surface area contributed by atoms with Crippen LogP contribution in [0.25, 0.3) is 0 Å². The van der Waals surface area contributed by atoms with Crippen LogP contribution in [0, 0.1) is 0 Å². The molecule has 0 bridgehead atoms. The molecular formula is C15H30N4O. The molecule has 20 heavy (non-hydrogen) atoms. The monoisotopic (exact) mass is 282 g/mol. The summed E-state index contributed by atoms with van der Waals surface area (Å²) in [5.74, 6) is 0. The maximum atomic E-state index is 11.9. The van der Waals surface area contributed by atoms with Gasteiger partial charge in [-0.25, -0.2) is 4.79 Å². The number of nitrogens with one attached hydrogen (secondary N) is 2. The summed E-state index contributed by atoms with van der Waals surface area (Å²) < 4.78 is 0. The van der Waals surface area contributed by atoms with Gasteiger partial charge in [0.2, 0.25) is 0 Å². The summed E-state index contributed by atoms with van der Waals surface area (Å²) in [6, 6.07) is 0.281. The summed E-state index contributed by atoms with van der Waals surface area (Å²) in [6.07, 6.45) is 3.59. The number of likely N-dealkylation sites (N-methyl/N-ethyl adjacent to an activating group) is 1. The number of hydrogen-bond donors (Lipinski definition) is 2. The number of rotatable bonds is 7. The number of carbonyl (C=O) groups excluding carboxylic acids is 1. The van der Waals surface area contributed by atoms with Gasteiger partial charge >= 0.3 is 6.03 Å². The summed E-state index contributed by atoms with van der Waals surface area (Å²) in [5.41, 5.74) is 0. The smallest absolute Gasteiger partial charge is 0.315 e. The van der Waals surface area contributed by atoms with Crippen molar-refractivity contribution in [2.45, 2.75) is 38.8 Å². The molecule has 1 heterocycles. The molecule has 1 saturated heterocycles. The number of urea groups is 1. The molecule has 0 aliphatic carbocycles. The van der Waals surface area contributed by atoms with Gasteiger partial charge in [0.1, 0.15) is 0 Å². The summed E-state index contributed by atoms with van der Waals surface area (Å²) in [4.78, 5) is 16.7. The Labute approximate surface area is 123 Å². The topological polar surface area (TPSA) is 47.6 Å². The summed E-state index contributed by atoms with van der Waals surface area (Å²) >= 11 is 0. The molecule has 1 rings (SSSR count). The fourth-order valence-corrected chi connectivity index (χ4v) is 2.44. The van der Waals surface area contributed by atoms with Gasteiger partial charge in [-0.1, -0.05) is 13.0 Å². The van der Waals surface area contributed by atoms with E-state index >= 15 is 0 Å². The van der Waals surface area contributed by atoms with Gasteiger partial charge in [0.25, 0.3) is 0 Å². The fourth-order valence-electron chi connectivity index (χ4n) is 2.44. The van der Waals surface area contributed by atoms with Gasteiger partial charge in [-0.2, -0.15) is 0 Å². The van der Waals surface area contributed by atoms with E-state index in [0.29, 0.717) is 0 Å². The van der Waals surface area contributed by atoms with Crippen LogP contribution in [0.5, 0.6) is 0 Å². The van der Waals surface area contributed by atoms with Gasteiger partial charge in [-0.15, -0.1) is 6.58 Å². The number of nitrogens with zero attached hydrogens (tertiary/aromatic N) is 2. The fraction of sp³-hybridized carbons (Fsp3) is 0.800. The third-order valence-electron chi connectivity index (χ3n) is 3.78. The molecule has 2 atom stereocenters. The predicted octanol–water partition coefficient (Wildman–Crippen LogP) is 1.28. The van der Waals surface area contributed by atoms with Crippen molar-refractivity contribution in [3.05, 3.63) is 12.7 Å². The van der Waals surface area contributed by atoms with Crippen LogP contribution in [-0.4, -0.2) is 67.7 Å². The van der Waals surface area contributed by atoms with Crippen LogP contribution in [-0.2, 0) is 0 Å². The Morgan fingerprint density at radius 2 is 1.95 bits per heavy atom. The Kier molecular flexibility index (Phi) is 7.62. The summed E-state index contributed by atoms with van der Waals surface area (Å²) in [5, 5.41) is 6.02. The van der Waals surface area contributed by atoms with Gasteiger partial charge in [-0.05, 0) is 26.8 Å². The first-order valence-corrected chi connectivity index (χ1v) is 7.64. The molecule has 5 heteroatoms. The van der Waals surface area contributed by atoms with Gasteiger partial charge in [-0.3, -0.25) is 4.90 Å². The third kappa shape index (κ3) is 6.39. The number of hydrogen-bond acceptors (Lipinski definition) is 3. The molecule has 1 aliphatic rings. The molecule has 0 aromatic rings. The van der Waals surface area contributed by atoms with Gasteiger partial charge in [0, 0.05) is 44.8 Å². The minimum Gasteiger partial charge on any atom is -0.335 e. The van der Waals surface area contributed by atoms with E-state index in [0.717, 1.165) is 45.6 Å². The lowest BCUT2D eigenvalue weighted by molar-refractivity contribution is 0.144. The van der Waals surface area contributed by atoms with Crippen LogP contribution in [0.2, 0.25) is 0 Å². The zero-order valence-corrected chi connectivity index (χ0v) is 13.2. The quantitative estimate of drug-likeness (QED) is 0.692. The molecule has 0 aromatic carbocycles. The maximum Gasteiger partial charge on any atom is 0.315 e. The number of piperazine rings is 1. The highest BCUT2D eigenvalue weighted by Crippen LogP contribution is 2.01. The average Bonchev–Trinajstić information content (AvgIpc) is 2.40. The highest BCUT2D eigenvalue weighted by molar-refractivity contribution is 5.74. The van der Waals surface area contributed by atoms with E-state index < -0.39 is 0 Å². The molecule has 5 nitrogen and oxygen atoms in total. The highest BCUT2D eigenvalue weighted by Gasteiger charge is 2.17. The Balaban J connectivity index is 2.25. The first-order chi connectivity index (χ1) is 9.55. The molecule has 0 saturated carbocycles. The van der Waals surface area contributed by atoms with Crippen LogP contribution < -0.4 is 10.6 Å². The van der Waals surface area contributed by atoms with E-state index in [2.05, 4.69) is 47.9 Å². The Bertz CT molecular complexity index is 300. The second kappa shape index (κ2) is 8.97. The molecular weight excluding hydrogens is 252 g/mol. The van der Waals surface area contributed by atoms with Crippen molar-refractivity contribution in [1.82, 2.24) is 20.4 Å². The zero-order chi connectivity index (χ0) is 15.0. The molecule has 116 valence electrons. The van der Waals surface area contributed by atoms with Crippen LogP contribution in [0.3, 0.4) is 0 Å². The SMILES string of the molecule is C=CCC(CC)NC(=O)NC(C)CN1CCN(C)CC1. The van der Waals surface area contributed by atoms with Crippen LogP contribution in [0.4, 0.5) is 4.79 Å².